The van der Waals surface area contributed by atoms with Crippen LogP contribution in [-0.2, 0) is 7.05 Å². The average Bonchev–Trinajstić information content (AvgIpc) is 2.69. The van der Waals surface area contributed by atoms with E-state index in [0.29, 0.717) is 17.5 Å². The molecule has 1 aromatic carbocycles. The molecule has 0 bridgehead atoms. The standard InChI is InChI=1S/C17H25N3O/c1-10(2)13-8-7-12(5)14(9-13)21-17-15(18)16(11(3)4)19-20(17)6/h7-11H,18H2,1-6H3. The van der Waals surface area contributed by atoms with Gasteiger partial charge in [0.05, 0.1) is 5.69 Å². The molecule has 0 aliphatic heterocycles. The number of nitrogen functional groups attached to an aromatic ring is 1. The minimum atomic E-state index is 0.275. The van der Waals surface area contributed by atoms with E-state index in [2.05, 4.69) is 51.0 Å². The molecule has 0 unspecified atom stereocenters. The summed E-state index contributed by atoms with van der Waals surface area (Å²) in [5, 5.41) is 4.46. The number of nitrogens with two attached hydrogens (primary N) is 1. The maximum atomic E-state index is 6.19. The van der Waals surface area contributed by atoms with E-state index in [1.54, 1.807) is 4.68 Å². The Morgan fingerprint density at radius 1 is 1.14 bits per heavy atom. The number of aryl methyl sites for hydroxylation is 2. The van der Waals surface area contributed by atoms with Gasteiger partial charge in [-0.3, -0.25) is 0 Å². The molecule has 21 heavy (non-hydrogen) atoms. The zero-order valence-corrected chi connectivity index (χ0v) is 13.8. The first kappa shape index (κ1) is 15.4. The van der Waals surface area contributed by atoms with Crippen molar-refractivity contribution in [1.82, 2.24) is 9.78 Å². The third-order valence-corrected chi connectivity index (χ3v) is 3.69. The van der Waals surface area contributed by atoms with Gasteiger partial charge in [-0.05, 0) is 36.0 Å². The van der Waals surface area contributed by atoms with Gasteiger partial charge in [0, 0.05) is 7.05 Å². The van der Waals surface area contributed by atoms with Gasteiger partial charge in [0.2, 0.25) is 5.88 Å². The summed E-state index contributed by atoms with van der Waals surface area (Å²) in [6, 6.07) is 6.31. The average molecular weight is 287 g/mol. The van der Waals surface area contributed by atoms with Gasteiger partial charge in [-0.25, -0.2) is 4.68 Å². The smallest absolute Gasteiger partial charge is 0.241 e. The minimum absolute atomic E-state index is 0.275. The van der Waals surface area contributed by atoms with Crippen LogP contribution in [0.3, 0.4) is 0 Å². The Balaban J connectivity index is 2.41. The summed E-state index contributed by atoms with van der Waals surface area (Å²) in [6.07, 6.45) is 0. The summed E-state index contributed by atoms with van der Waals surface area (Å²) in [7, 11) is 1.86. The molecule has 4 nitrogen and oxygen atoms in total. The molecule has 1 aromatic heterocycles. The monoisotopic (exact) mass is 287 g/mol. The maximum absolute atomic E-state index is 6.19. The predicted molar refractivity (Wildman–Crippen MR) is 87.1 cm³/mol. The third-order valence-electron chi connectivity index (χ3n) is 3.69. The molecule has 0 fully saturated rings. The van der Waals surface area contributed by atoms with Crippen LogP contribution in [0.2, 0.25) is 0 Å². The lowest BCUT2D eigenvalue weighted by Crippen LogP contribution is -1.99. The molecule has 0 atom stereocenters. The lowest BCUT2D eigenvalue weighted by molar-refractivity contribution is 0.429. The third kappa shape index (κ3) is 3.04. The van der Waals surface area contributed by atoms with Gasteiger partial charge in [0.15, 0.2) is 0 Å². The Labute approximate surface area is 126 Å². The Bertz CT molecular complexity index is 642. The van der Waals surface area contributed by atoms with Crippen molar-refractivity contribution in [1.29, 1.82) is 0 Å². The SMILES string of the molecule is Cc1ccc(C(C)C)cc1Oc1c(N)c(C(C)C)nn1C. The molecular weight excluding hydrogens is 262 g/mol. The van der Waals surface area contributed by atoms with Crippen molar-refractivity contribution in [3.8, 4) is 11.6 Å². The Morgan fingerprint density at radius 2 is 1.81 bits per heavy atom. The molecule has 0 aliphatic carbocycles. The van der Waals surface area contributed by atoms with Crippen molar-refractivity contribution >= 4 is 5.69 Å². The number of nitrogens with zero attached hydrogens (tertiary/aromatic N) is 2. The zero-order valence-electron chi connectivity index (χ0n) is 13.8. The fraction of sp³-hybridized carbons (Fsp3) is 0.471. The van der Waals surface area contributed by atoms with E-state index in [4.69, 9.17) is 10.5 Å². The van der Waals surface area contributed by atoms with Gasteiger partial charge >= 0.3 is 0 Å². The van der Waals surface area contributed by atoms with Gasteiger partial charge in [-0.1, -0.05) is 39.8 Å². The number of aromatic nitrogens is 2. The summed E-state index contributed by atoms with van der Waals surface area (Å²) < 4.78 is 7.78. The van der Waals surface area contributed by atoms with Crippen LogP contribution in [0.4, 0.5) is 5.69 Å². The molecule has 2 aromatic rings. The normalized spacial score (nSPS) is 11.4. The van der Waals surface area contributed by atoms with Crippen molar-refractivity contribution in [2.24, 2.45) is 7.05 Å². The number of rotatable bonds is 4. The van der Waals surface area contributed by atoms with Crippen molar-refractivity contribution in [2.45, 2.75) is 46.5 Å². The Kier molecular flexibility index (Phi) is 4.26. The molecule has 0 radical (unpaired) electrons. The minimum Gasteiger partial charge on any atom is -0.437 e. The van der Waals surface area contributed by atoms with E-state index in [9.17, 15) is 0 Å². The first-order valence-corrected chi connectivity index (χ1v) is 7.42. The molecule has 2 rings (SSSR count). The summed E-state index contributed by atoms with van der Waals surface area (Å²) in [5.41, 5.74) is 10.0. The maximum Gasteiger partial charge on any atom is 0.241 e. The van der Waals surface area contributed by atoms with Gasteiger partial charge in [-0.15, -0.1) is 0 Å². The number of hydrogen-bond donors (Lipinski definition) is 1. The van der Waals surface area contributed by atoms with Crippen LogP contribution >= 0.6 is 0 Å². The van der Waals surface area contributed by atoms with E-state index < -0.39 is 0 Å². The predicted octanol–water partition coefficient (Wildman–Crippen LogP) is 4.35. The van der Waals surface area contributed by atoms with Crippen LogP contribution in [0.1, 0.15) is 56.4 Å². The van der Waals surface area contributed by atoms with Gasteiger partial charge in [0.25, 0.3) is 0 Å². The summed E-state index contributed by atoms with van der Waals surface area (Å²) in [5.74, 6) is 2.19. The molecule has 0 amide bonds. The molecule has 2 N–H and O–H groups in total. The highest BCUT2D eigenvalue weighted by Crippen LogP contribution is 2.35. The van der Waals surface area contributed by atoms with E-state index in [1.165, 1.54) is 5.56 Å². The van der Waals surface area contributed by atoms with E-state index in [0.717, 1.165) is 17.0 Å². The van der Waals surface area contributed by atoms with E-state index in [1.807, 2.05) is 14.0 Å². The lowest BCUT2D eigenvalue weighted by atomic mass is 10.0. The fourth-order valence-electron chi connectivity index (χ4n) is 2.28. The number of benzene rings is 1. The Morgan fingerprint density at radius 3 is 2.33 bits per heavy atom. The second-order valence-electron chi connectivity index (χ2n) is 6.16. The first-order chi connectivity index (χ1) is 9.81. The Hall–Kier alpha value is -1.97. The topological polar surface area (TPSA) is 53.1 Å². The van der Waals surface area contributed by atoms with Crippen LogP contribution in [-0.4, -0.2) is 9.78 Å². The molecule has 114 valence electrons. The van der Waals surface area contributed by atoms with Crippen molar-refractivity contribution < 1.29 is 4.74 Å². The van der Waals surface area contributed by atoms with Crippen molar-refractivity contribution in [3.63, 3.8) is 0 Å². The van der Waals surface area contributed by atoms with Crippen LogP contribution in [0.25, 0.3) is 0 Å². The summed E-state index contributed by atoms with van der Waals surface area (Å²) >= 11 is 0. The zero-order chi connectivity index (χ0) is 15.7. The number of anilines is 1. The molecule has 0 aliphatic rings. The highest BCUT2D eigenvalue weighted by molar-refractivity contribution is 5.56. The number of ether oxygens (including phenoxy) is 1. The lowest BCUT2D eigenvalue weighted by Gasteiger charge is -2.13. The second kappa shape index (κ2) is 5.80. The summed E-state index contributed by atoms with van der Waals surface area (Å²) in [4.78, 5) is 0. The molecule has 4 heteroatoms. The van der Waals surface area contributed by atoms with Crippen LogP contribution in [0.15, 0.2) is 18.2 Å². The van der Waals surface area contributed by atoms with Gasteiger partial charge < -0.3 is 10.5 Å². The number of hydrogen-bond acceptors (Lipinski definition) is 3. The highest BCUT2D eigenvalue weighted by atomic mass is 16.5. The highest BCUT2D eigenvalue weighted by Gasteiger charge is 2.18. The fourth-order valence-corrected chi connectivity index (χ4v) is 2.28. The quantitative estimate of drug-likeness (QED) is 0.909. The first-order valence-electron chi connectivity index (χ1n) is 7.42. The van der Waals surface area contributed by atoms with Gasteiger partial charge in [0.1, 0.15) is 11.4 Å². The molecule has 0 spiro atoms. The van der Waals surface area contributed by atoms with Gasteiger partial charge in [-0.2, -0.15) is 5.10 Å². The van der Waals surface area contributed by atoms with E-state index >= 15 is 0 Å². The molecule has 1 heterocycles. The second-order valence-corrected chi connectivity index (χ2v) is 6.16. The largest absolute Gasteiger partial charge is 0.437 e. The molecule has 0 saturated heterocycles. The molecule has 0 saturated carbocycles. The van der Waals surface area contributed by atoms with Crippen LogP contribution in [0.5, 0.6) is 11.6 Å². The van der Waals surface area contributed by atoms with Crippen molar-refractivity contribution in [3.05, 3.63) is 35.0 Å². The van der Waals surface area contributed by atoms with Crippen LogP contribution in [0, 0.1) is 6.92 Å². The molecular formula is C17H25N3O. The van der Waals surface area contributed by atoms with Crippen molar-refractivity contribution in [2.75, 3.05) is 5.73 Å². The van der Waals surface area contributed by atoms with Crippen LogP contribution < -0.4 is 10.5 Å². The summed E-state index contributed by atoms with van der Waals surface area (Å²) in [6.45, 7) is 10.5. The van der Waals surface area contributed by atoms with E-state index in [-0.39, 0.29) is 5.92 Å².